The molecule has 1 fully saturated rings. The van der Waals surface area contributed by atoms with Crippen LogP contribution in [0.4, 0.5) is 5.69 Å². The van der Waals surface area contributed by atoms with Gasteiger partial charge in [-0.1, -0.05) is 86.1 Å². The van der Waals surface area contributed by atoms with Gasteiger partial charge in [-0.15, -0.1) is 5.69 Å². The van der Waals surface area contributed by atoms with Crippen LogP contribution in [0, 0.1) is 0 Å². The first kappa shape index (κ1) is 24.4. The van der Waals surface area contributed by atoms with E-state index in [2.05, 4.69) is 39.3 Å². The van der Waals surface area contributed by atoms with E-state index in [-0.39, 0.29) is 23.1 Å². The minimum atomic E-state index is -1.11. The molecule has 1 aliphatic rings. The van der Waals surface area contributed by atoms with E-state index >= 15 is 0 Å². The first-order valence-corrected chi connectivity index (χ1v) is 14.6. The number of hydrogen-bond donors (Lipinski definition) is 0. The van der Waals surface area contributed by atoms with Crippen LogP contribution < -0.4 is 0 Å². The Bertz CT molecular complexity index is 341. The second-order valence-electron chi connectivity index (χ2n) is 7.14. The van der Waals surface area contributed by atoms with Crippen LogP contribution in [0.2, 0.25) is 39.3 Å². The number of benzene rings is 1. The first-order valence-electron chi connectivity index (χ1n) is 7.69. The van der Waals surface area contributed by atoms with Gasteiger partial charge in [0.25, 0.3) is 0 Å². The van der Waals surface area contributed by atoms with Crippen LogP contribution in [-0.2, 0) is 4.74 Å². The largest absolute Gasteiger partial charge is 2.00 e. The summed E-state index contributed by atoms with van der Waals surface area (Å²) in [7, 11) is -2.21. The van der Waals surface area contributed by atoms with Gasteiger partial charge in [0.05, 0.1) is 0 Å². The van der Waals surface area contributed by atoms with Gasteiger partial charge in [0.2, 0.25) is 0 Å². The Morgan fingerprint density at radius 2 is 1.27 bits per heavy atom. The van der Waals surface area contributed by atoms with Crippen molar-refractivity contribution in [1.29, 1.82) is 0 Å². The number of ether oxygens (including phenoxy) is 1. The maximum Gasteiger partial charge on any atom is 2.00 e. The van der Waals surface area contributed by atoms with E-state index in [1.54, 1.807) is 12.1 Å². The van der Waals surface area contributed by atoms with Crippen LogP contribution >= 0.6 is 0 Å². The molecule has 122 valence electrons. The van der Waals surface area contributed by atoms with Crippen LogP contribution in [0.15, 0.2) is 30.3 Å². The van der Waals surface area contributed by atoms with Crippen LogP contribution in [0.5, 0.6) is 0 Å². The van der Waals surface area contributed by atoms with Gasteiger partial charge in [-0.2, -0.15) is 0 Å². The van der Waals surface area contributed by atoms with Gasteiger partial charge in [0.15, 0.2) is 0 Å². The Kier molecular flexibility index (Phi) is 13.9. The number of nitrogens with zero attached hydrogens (tertiary/aromatic N) is 1. The second kappa shape index (κ2) is 12.5. The quantitative estimate of drug-likeness (QED) is 0.621. The zero-order chi connectivity index (χ0) is 16.4. The minimum Gasteiger partial charge on any atom is -0.699 e. The van der Waals surface area contributed by atoms with Crippen LogP contribution in [0.25, 0.3) is 10.4 Å². The molecule has 0 unspecified atom stereocenters. The van der Waals surface area contributed by atoms with Crippen LogP contribution in [0.3, 0.4) is 0 Å². The molecule has 0 atom stereocenters. The normalized spacial score (nSPS) is 13.9. The molecule has 1 aromatic rings. The molecule has 1 aliphatic heterocycles. The summed E-state index contributed by atoms with van der Waals surface area (Å²) in [5, 5.41) is 0. The van der Waals surface area contributed by atoms with Gasteiger partial charge >= 0.3 is 23.1 Å². The Balaban J connectivity index is 0. The summed E-state index contributed by atoms with van der Waals surface area (Å²) in [4.78, 5) is 0. The molecule has 0 aromatic heterocycles. The molecule has 1 heterocycles. The zero-order valence-corrected chi connectivity index (χ0v) is 18.7. The van der Waals surface area contributed by atoms with Gasteiger partial charge in [0.1, 0.15) is 0 Å². The average molecular weight is 349 g/mol. The fraction of sp³-hybridized carbons (Fsp3) is 0.625. The predicted octanol–water partition coefficient (Wildman–Crippen LogP) is 5.82. The van der Waals surface area contributed by atoms with E-state index in [0.717, 1.165) is 13.2 Å². The third-order valence-electron chi connectivity index (χ3n) is 2.27. The fourth-order valence-corrected chi connectivity index (χ4v) is 10.0. The molecule has 22 heavy (non-hydrogen) atoms. The van der Waals surface area contributed by atoms with Gasteiger partial charge in [0, 0.05) is 13.2 Å². The molecule has 6 heteroatoms. The van der Waals surface area contributed by atoms with E-state index in [9.17, 15) is 0 Å². The van der Waals surface area contributed by atoms with Crippen molar-refractivity contribution in [3.63, 3.8) is 0 Å². The van der Waals surface area contributed by atoms with E-state index < -0.39 is 16.5 Å². The topological polar surface area (TPSA) is 47.1 Å². The summed E-state index contributed by atoms with van der Waals surface area (Å²) in [6, 6.07) is 9.10. The molecule has 0 spiro atoms. The molecule has 1 saturated heterocycles. The molecular formula is C16H32MgN2OSi2. The summed E-state index contributed by atoms with van der Waals surface area (Å²) in [6.45, 7) is 15.8. The third-order valence-corrected chi connectivity index (χ3v) is 7.64. The summed E-state index contributed by atoms with van der Waals surface area (Å²) in [5.41, 5.74) is 7.57. The molecule has 0 aliphatic carbocycles. The smallest absolute Gasteiger partial charge is 0.699 e. The summed E-state index contributed by atoms with van der Waals surface area (Å²) in [6.07, 6.45) is 2.56. The monoisotopic (exact) mass is 348 g/mol. The van der Waals surface area contributed by atoms with Gasteiger partial charge < -0.3 is 15.1 Å². The van der Waals surface area contributed by atoms with Crippen LogP contribution in [-0.4, -0.2) is 52.7 Å². The van der Waals surface area contributed by atoms with Crippen molar-refractivity contribution in [3.05, 3.63) is 40.7 Å². The predicted molar refractivity (Wildman–Crippen MR) is 106 cm³/mol. The SMILES string of the molecule is C1CCOC1.C[Si](C)(C)[N-][Si](C)(C)C.[Mg+2].[NH-]c1ccccc1. The Morgan fingerprint density at radius 1 is 0.864 bits per heavy atom. The number of rotatable bonds is 2. The Hall–Kier alpha value is 0.140. The number of hydrogen-bond acceptors (Lipinski definition) is 1. The van der Waals surface area contributed by atoms with Crippen molar-refractivity contribution >= 4 is 45.2 Å². The van der Waals surface area contributed by atoms with Gasteiger partial charge in [-0.25, -0.2) is 0 Å². The third kappa shape index (κ3) is 20.1. The van der Waals surface area contributed by atoms with Crippen molar-refractivity contribution in [3.8, 4) is 0 Å². The molecular weight excluding hydrogens is 317 g/mol. The summed E-state index contributed by atoms with van der Waals surface area (Å²) >= 11 is 0. The maximum atomic E-state index is 7.00. The van der Waals surface area contributed by atoms with Crippen molar-refractivity contribution in [2.75, 3.05) is 13.2 Å². The fourth-order valence-electron chi connectivity index (χ4n) is 1.95. The average Bonchev–Trinajstić information content (AvgIpc) is 2.84. The standard InChI is InChI=1S/C6H18NSi2.C6H6N.C4H8O.Mg/c1-8(2,3)7-9(4,5)6;7-6-4-2-1-3-5-6;1-2-4-5-3-1;/h1-6H3;1-5,7H;1-4H2;/q2*-1;;+2. The van der Waals surface area contributed by atoms with Crippen molar-refractivity contribution in [2.24, 2.45) is 0 Å². The Morgan fingerprint density at radius 3 is 1.41 bits per heavy atom. The minimum absolute atomic E-state index is 0. The van der Waals surface area contributed by atoms with E-state index in [1.165, 1.54) is 12.8 Å². The maximum absolute atomic E-state index is 7.00. The second-order valence-corrected chi connectivity index (χ2v) is 16.7. The summed E-state index contributed by atoms with van der Waals surface area (Å²) < 4.78 is 9.76. The van der Waals surface area contributed by atoms with Crippen molar-refractivity contribution < 1.29 is 4.74 Å². The molecule has 1 N–H and O–H groups in total. The molecule has 0 radical (unpaired) electrons. The van der Waals surface area contributed by atoms with E-state index in [0.29, 0.717) is 5.69 Å². The molecule has 3 nitrogen and oxygen atoms in total. The van der Waals surface area contributed by atoms with Crippen molar-refractivity contribution in [2.45, 2.75) is 52.1 Å². The van der Waals surface area contributed by atoms with Crippen LogP contribution in [0.1, 0.15) is 12.8 Å². The molecule has 0 bridgehead atoms. The zero-order valence-electron chi connectivity index (χ0n) is 15.3. The molecule has 1 aromatic carbocycles. The Labute approximate surface area is 155 Å². The molecule has 0 saturated carbocycles. The van der Waals surface area contributed by atoms with Gasteiger partial charge in [-0.3, -0.25) is 0 Å². The molecule has 0 amide bonds. The van der Waals surface area contributed by atoms with E-state index in [1.807, 2.05) is 18.2 Å². The molecule has 2 rings (SSSR count). The van der Waals surface area contributed by atoms with Gasteiger partial charge in [-0.05, 0) is 12.8 Å². The first-order chi connectivity index (χ1) is 9.60. The van der Waals surface area contributed by atoms with Crippen molar-refractivity contribution in [1.82, 2.24) is 0 Å². The summed E-state index contributed by atoms with van der Waals surface area (Å²) in [5.74, 6) is 0. The number of nitrogens with one attached hydrogen (secondary N) is 1. The van der Waals surface area contributed by atoms with E-state index in [4.69, 9.17) is 15.1 Å².